The van der Waals surface area contributed by atoms with Crippen LogP contribution in [0.3, 0.4) is 0 Å². The van der Waals surface area contributed by atoms with Gasteiger partial charge in [0.1, 0.15) is 18.5 Å². The highest BCUT2D eigenvalue weighted by molar-refractivity contribution is 5.45. The third-order valence-electron chi connectivity index (χ3n) is 1.91. The van der Waals surface area contributed by atoms with Crippen LogP contribution >= 0.6 is 0 Å². The minimum Gasteiger partial charge on any atom is -0.508 e. The number of phenolic OH excluding ortho intramolecular Hbond substituents is 1. The first kappa shape index (κ1) is 8.19. The van der Waals surface area contributed by atoms with E-state index in [1.807, 2.05) is 0 Å². The van der Waals surface area contributed by atoms with Gasteiger partial charge in [-0.15, -0.1) is 0 Å². The van der Waals surface area contributed by atoms with Crippen LogP contribution in [0.4, 0.5) is 0 Å². The highest BCUT2D eigenvalue weighted by Crippen LogP contribution is 2.34. The Morgan fingerprint density at radius 2 is 2.31 bits per heavy atom. The topological polar surface area (TPSA) is 64.7 Å². The molecule has 70 valence electrons. The number of phenols is 1. The Hall–Kier alpha value is -1.42. The summed E-state index contributed by atoms with van der Waals surface area (Å²) in [4.78, 5) is 0. The predicted octanol–water partition coefficient (Wildman–Crippen LogP) is 0.491. The Balaban J connectivity index is 2.27. The van der Waals surface area contributed by atoms with Gasteiger partial charge in [0.05, 0.1) is 0 Å². The van der Waals surface area contributed by atoms with Crippen LogP contribution in [-0.4, -0.2) is 24.4 Å². The summed E-state index contributed by atoms with van der Waals surface area (Å²) in [5, 5.41) is 9.18. The molecule has 1 aliphatic rings. The fourth-order valence-electron chi connectivity index (χ4n) is 1.22. The van der Waals surface area contributed by atoms with E-state index in [0.717, 1.165) is 0 Å². The maximum Gasteiger partial charge on any atom is 0.165 e. The number of benzene rings is 1. The van der Waals surface area contributed by atoms with Crippen molar-refractivity contribution in [3.63, 3.8) is 0 Å². The van der Waals surface area contributed by atoms with E-state index in [1.54, 1.807) is 12.1 Å². The number of rotatable bonds is 1. The van der Waals surface area contributed by atoms with Gasteiger partial charge in [0.25, 0.3) is 0 Å². The summed E-state index contributed by atoms with van der Waals surface area (Å²) in [6.45, 7) is 0.878. The lowest BCUT2D eigenvalue weighted by atomic mass is 10.2. The van der Waals surface area contributed by atoms with Gasteiger partial charge in [0.15, 0.2) is 11.5 Å². The average molecular weight is 181 g/mol. The summed E-state index contributed by atoms with van der Waals surface area (Å²) in [7, 11) is 0. The van der Waals surface area contributed by atoms with Crippen LogP contribution in [-0.2, 0) is 0 Å². The van der Waals surface area contributed by atoms with Crippen molar-refractivity contribution in [1.29, 1.82) is 0 Å². The Kier molecular flexibility index (Phi) is 1.98. The fourth-order valence-corrected chi connectivity index (χ4v) is 1.22. The van der Waals surface area contributed by atoms with Gasteiger partial charge in [-0.1, -0.05) is 0 Å². The molecule has 3 N–H and O–H groups in total. The zero-order valence-electron chi connectivity index (χ0n) is 7.06. The lowest BCUT2D eigenvalue weighted by molar-refractivity contribution is 0.0964. The van der Waals surface area contributed by atoms with E-state index in [-0.39, 0.29) is 11.9 Å². The van der Waals surface area contributed by atoms with Gasteiger partial charge in [-0.05, 0) is 12.1 Å². The first-order valence-electron chi connectivity index (χ1n) is 4.12. The van der Waals surface area contributed by atoms with E-state index >= 15 is 0 Å². The minimum atomic E-state index is -0.116. The first-order valence-corrected chi connectivity index (χ1v) is 4.12. The van der Waals surface area contributed by atoms with Crippen LogP contribution in [0.15, 0.2) is 18.2 Å². The average Bonchev–Trinajstić information content (AvgIpc) is 2.16. The Morgan fingerprint density at radius 3 is 3.08 bits per heavy atom. The highest BCUT2D eigenvalue weighted by atomic mass is 16.6. The molecule has 0 bridgehead atoms. The number of ether oxygens (including phenoxy) is 2. The van der Waals surface area contributed by atoms with E-state index < -0.39 is 0 Å². The summed E-state index contributed by atoms with van der Waals surface area (Å²) in [6, 6.07) is 4.76. The van der Waals surface area contributed by atoms with Gasteiger partial charge >= 0.3 is 0 Å². The number of nitrogens with two attached hydrogens (primary N) is 1. The smallest absolute Gasteiger partial charge is 0.165 e. The van der Waals surface area contributed by atoms with E-state index in [1.165, 1.54) is 6.07 Å². The van der Waals surface area contributed by atoms with Gasteiger partial charge in [-0.3, -0.25) is 0 Å². The molecule has 1 aromatic rings. The Labute approximate surface area is 75.9 Å². The van der Waals surface area contributed by atoms with Crippen molar-refractivity contribution in [2.45, 2.75) is 6.10 Å². The zero-order valence-corrected chi connectivity index (χ0v) is 7.06. The monoisotopic (exact) mass is 181 g/mol. The van der Waals surface area contributed by atoms with Crippen molar-refractivity contribution in [1.82, 2.24) is 0 Å². The lowest BCUT2D eigenvalue weighted by Gasteiger charge is -2.25. The molecule has 0 aromatic heterocycles. The number of fused-ring (bicyclic) bond motifs is 1. The molecular formula is C9H11NO3. The largest absolute Gasteiger partial charge is 0.508 e. The second-order valence-electron chi connectivity index (χ2n) is 2.92. The molecule has 0 aliphatic carbocycles. The second-order valence-corrected chi connectivity index (χ2v) is 2.92. The molecule has 0 spiro atoms. The van der Waals surface area contributed by atoms with Crippen molar-refractivity contribution in [3.8, 4) is 17.2 Å². The molecule has 13 heavy (non-hydrogen) atoms. The SMILES string of the molecule is NC[C@H]1COc2ccc(O)cc2O1. The van der Waals surface area contributed by atoms with Gasteiger partial charge in [-0.2, -0.15) is 0 Å². The molecule has 0 radical (unpaired) electrons. The molecule has 0 fully saturated rings. The normalized spacial score (nSPS) is 19.9. The molecule has 1 aromatic carbocycles. The molecule has 4 nitrogen and oxygen atoms in total. The van der Waals surface area contributed by atoms with Crippen LogP contribution in [0, 0.1) is 0 Å². The van der Waals surface area contributed by atoms with Crippen molar-refractivity contribution >= 4 is 0 Å². The van der Waals surface area contributed by atoms with Crippen LogP contribution in [0.5, 0.6) is 17.2 Å². The quantitative estimate of drug-likeness (QED) is 0.661. The maximum absolute atomic E-state index is 9.18. The fraction of sp³-hybridized carbons (Fsp3) is 0.333. The predicted molar refractivity (Wildman–Crippen MR) is 47.1 cm³/mol. The lowest BCUT2D eigenvalue weighted by Crippen LogP contribution is -2.35. The third-order valence-corrected chi connectivity index (χ3v) is 1.91. The van der Waals surface area contributed by atoms with Crippen LogP contribution in [0.1, 0.15) is 0 Å². The van der Waals surface area contributed by atoms with E-state index in [2.05, 4.69) is 0 Å². The summed E-state index contributed by atoms with van der Waals surface area (Å²) < 4.78 is 10.8. The van der Waals surface area contributed by atoms with Crippen molar-refractivity contribution in [3.05, 3.63) is 18.2 Å². The van der Waals surface area contributed by atoms with Gasteiger partial charge in [0.2, 0.25) is 0 Å². The minimum absolute atomic E-state index is 0.116. The molecule has 0 unspecified atom stereocenters. The summed E-state index contributed by atoms with van der Waals surface area (Å²) >= 11 is 0. The van der Waals surface area contributed by atoms with E-state index in [9.17, 15) is 5.11 Å². The first-order chi connectivity index (χ1) is 6.29. The molecule has 2 rings (SSSR count). The standard InChI is InChI=1S/C9H11NO3/c10-4-7-5-12-8-2-1-6(11)3-9(8)13-7/h1-3,7,11H,4-5,10H2/t7-/m0/s1. The van der Waals surface area contributed by atoms with Gasteiger partial charge in [0, 0.05) is 12.6 Å². The molecule has 1 heterocycles. The molecule has 0 saturated heterocycles. The third kappa shape index (κ3) is 1.53. The van der Waals surface area contributed by atoms with Crippen LogP contribution in [0.25, 0.3) is 0 Å². The van der Waals surface area contributed by atoms with Crippen molar-refractivity contribution < 1.29 is 14.6 Å². The van der Waals surface area contributed by atoms with Gasteiger partial charge < -0.3 is 20.3 Å². The number of hydrogen-bond donors (Lipinski definition) is 2. The summed E-state index contributed by atoms with van der Waals surface area (Å²) in [5.74, 6) is 1.38. The second kappa shape index (κ2) is 3.14. The zero-order chi connectivity index (χ0) is 9.26. The van der Waals surface area contributed by atoms with Crippen molar-refractivity contribution in [2.75, 3.05) is 13.2 Å². The molecule has 1 aliphatic heterocycles. The van der Waals surface area contributed by atoms with Crippen LogP contribution < -0.4 is 15.2 Å². The van der Waals surface area contributed by atoms with E-state index in [0.29, 0.717) is 24.7 Å². The number of aromatic hydroxyl groups is 1. The molecule has 0 saturated carbocycles. The Bertz CT molecular complexity index is 314. The molecule has 0 amide bonds. The van der Waals surface area contributed by atoms with Crippen molar-refractivity contribution in [2.24, 2.45) is 5.73 Å². The molecule has 1 atom stereocenters. The molecular weight excluding hydrogens is 170 g/mol. The maximum atomic E-state index is 9.18. The van der Waals surface area contributed by atoms with Gasteiger partial charge in [-0.25, -0.2) is 0 Å². The van der Waals surface area contributed by atoms with E-state index in [4.69, 9.17) is 15.2 Å². The Morgan fingerprint density at radius 1 is 1.46 bits per heavy atom. The highest BCUT2D eigenvalue weighted by Gasteiger charge is 2.19. The summed E-state index contributed by atoms with van der Waals surface area (Å²) in [6.07, 6.45) is -0.116. The number of hydrogen-bond acceptors (Lipinski definition) is 4. The van der Waals surface area contributed by atoms with Crippen LogP contribution in [0.2, 0.25) is 0 Å². The summed E-state index contributed by atoms with van der Waals surface area (Å²) in [5.41, 5.74) is 5.43. The molecule has 4 heteroatoms.